The topological polar surface area (TPSA) is 294 Å². The molecule has 27 heteroatoms. The molecule has 3 aliphatic carbocycles. The first-order chi connectivity index (χ1) is 46.0. The molecule has 8 atom stereocenters. The number of rotatable bonds is 9. The van der Waals surface area contributed by atoms with Gasteiger partial charge >= 0.3 is 0 Å². The molecule has 0 aromatic heterocycles. The smallest absolute Gasteiger partial charge is 0.248 e. The molecule has 97 heavy (non-hydrogen) atoms. The van der Waals surface area contributed by atoms with E-state index < -0.39 is 151 Å². The van der Waals surface area contributed by atoms with Crippen molar-refractivity contribution in [3.8, 4) is 6.07 Å². The molecule has 0 bridgehead atoms. The zero-order valence-electron chi connectivity index (χ0n) is 58.8. The van der Waals surface area contributed by atoms with E-state index in [1.165, 1.54) is 84.7 Å². The fourth-order valence-corrected chi connectivity index (χ4v) is 15.5. The molecule has 3 saturated heterocycles. The second-order valence-electron chi connectivity index (χ2n) is 28.4. The summed E-state index contributed by atoms with van der Waals surface area (Å²) in [4.78, 5) is 190. The third kappa shape index (κ3) is 19.0. The maximum absolute atomic E-state index is 15.7. The molecule has 3 saturated carbocycles. The number of likely N-dealkylation sites (tertiary alicyclic amines) is 1. The number of carbonyl (C=O) groups is 12. The summed E-state index contributed by atoms with van der Waals surface area (Å²) in [7, 11) is 10.1. The van der Waals surface area contributed by atoms with Crippen molar-refractivity contribution in [2.24, 2.45) is 17.8 Å². The highest BCUT2D eigenvalue weighted by molar-refractivity contribution is 6.42. The third-order valence-corrected chi connectivity index (χ3v) is 22.5. The van der Waals surface area contributed by atoms with E-state index in [-0.39, 0.29) is 72.5 Å². The molecule has 0 radical (unpaired) electrons. The van der Waals surface area contributed by atoms with Crippen LogP contribution >= 0.6 is 23.2 Å². The van der Waals surface area contributed by atoms with Crippen LogP contribution in [0.15, 0.2) is 12.1 Å². The van der Waals surface area contributed by atoms with E-state index in [0.29, 0.717) is 70.0 Å². The third-order valence-electron chi connectivity index (χ3n) is 21.7. The van der Waals surface area contributed by atoms with Crippen molar-refractivity contribution in [1.29, 1.82) is 5.26 Å². The Kier molecular flexibility index (Phi) is 28.0. The van der Waals surface area contributed by atoms with Gasteiger partial charge < -0.3 is 60.0 Å². The Balaban J connectivity index is 1.27. The Morgan fingerprint density at radius 3 is 1.88 bits per heavy atom. The van der Waals surface area contributed by atoms with Gasteiger partial charge in [0.2, 0.25) is 70.9 Å². The number of piperidine rings is 1. The highest BCUT2D eigenvalue weighted by Crippen LogP contribution is 2.37. The number of hydrogen-bond donors (Lipinski definition) is 3. The molecule has 1 unspecified atom stereocenters. The number of nitrogens with one attached hydrogen (secondary N) is 3. The van der Waals surface area contributed by atoms with Crippen LogP contribution in [0.5, 0.6) is 0 Å². The zero-order chi connectivity index (χ0) is 71.2. The van der Waals surface area contributed by atoms with Crippen molar-refractivity contribution >= 4 is 94.1 Å². The van der Waals surface area contributed by atoms with Gasteiger partial charge in [-0.3, -0.25) is 57.5 Å². The van der Waals surface area contributed by atoms with Crippen molar-refractivity contribution < 1.29 is 57.5 Å². The molecule has 6 fully saturated rings. The summed E-state index contributed by atoms with van der Waals surface area (Å²) >= 11 is 12.8. The van der Waals surface area contributed by atoms with Crippen molar-refractivity contribution in [2.75, 3.05) is 88.6 Å². The van der Waals surface area contributed by atoms with Gasteiger partial charge in [0.1, 0.15) is 53.9 Å². The minimum atomic E-state index is -1.52. The quantitative estimate of drug-likeness (QED) is 0.297. The Hall–Kier alpha value is -7.07. The van der Waals surface area contributed by atoms with Crippen LogP contribution in [0.4, 0.5) is 0 Å². The van der Waals surface area contributed by atoms with Crippen LogP contribution in [-0.4, -0.2) is 251 Å². The summed E-state index contributed by atoms with van der Waals surface area (Å²) in [5.74, 6) is -8.02. The van der Waals surface area contributed by atoms with Gasteiger partial charge in [-0.15, -0.1) is 0 Å². The molecule has 1 aromatic carbocycles. The summed E-state index contributed by atoms with van der Waals surface area (Å²) in [6.07, 6.45) is 12.8. The van der Waals surface area contributed by atoms with Gasteiger partial charge in [-0.1, -0.05) is 108 Å². The fourth-order valence-electron chi connectivity index (χ4n) is 15.1. The minimum absolute atomic E-state index is 0.0468. The summed E-state index contributed by atoms with van der Waals surface area (Å²) in [6, 6.07) is -3.26. The van der Waals surface area contributed by atoms with Crippen LogP contribution in [0, 0.1) is 29.1 Å². The molecule has 6 aliphatic rings. The normalized spacial score (nSPS) is 27.1. The fraction of sp³-hybridized carbons (Fsp3) is 0.729. The number of amides is 12. The monoisotopic (exact) mass is 1390 g/mol. The molecule has 3 aliphatic heterocycles. The number of fused-ring (bicyclic) bond motifs is 1. The summed E-state index contributed by atoms with van der Waals surface area (Å²) in [6.45, 7) is 4.44. The maximum Gasteiger partial charge on any atom is 0.248 e. The number of halogens is 2. The highest BCUT2D eigenvalue weighted by atomic mass is 35.5. The minimum Gasteiger partial charge on any atom is -0.343 e. The zero-order valence-corrected chi connectivity index (χ0v) is 60.3. The Morgan fingerprint density at radius 2 is 1.25 bits per heavy atom. The highest BCUT2D eigenvalue weighted by Gasteiger charge is 2.51. The number of nitriles is 1. The van der Waals surface area contributed by atoms with Gasteiger partial charge in [0.15, 0.2) is 0 Å². The van der Waals surface area contributed by atoms with E-state index in [1.54, 1.807) is 24.9 Å². The molecule has 1 spiro atoms. The van der Waals surface area contributed by atoms with Crippen LogP contribution < -0.4 is 16.0 Å². The Morgan fingerprint density at radius 1 is 0.639 bits per heavy atom. The molecule has 3 heterocycles. The van der Waals surface area contributed by atoms with E-state index in [1.807, 2.05) is 13.0 Å². The molecule has 25 nitrogen and oxygen atoms in total. The van der Waals surface area contributed by atoms with E-state index in [4.69, 9.17) is 23.2 Å². The van der Waals surface area contributed by atoms with Crippen molar-refractivity contribution in [3.63, 3.8) is 0 Å². The lowest BCUT2D eigenvalue weighted by molar-refractivity contribution is -0.157. The molecular weight excluding hydrogens is 1290 g/mol. The predicted molar refractivity (Wildman–Crippen MR) is 365 cm³/mol. The molecular formula is C70H105Cl2N13O12. The van der Waals surface area contributed by atoms with Gasteiger partial charge in [0.05, 0.1) is 41.7 Å². The average molecular weight is 1390 g/mol. The molecule has 3 N–H and O–H groups in total. The Bertz CT molecular complexity index is 3100. The van der Waals surface area contributed by atoms with E-state index in [0.717, 1.165) is 67.6 Å². The van der Waals surface area contributed by atoms with Crippen molar-refractivity contribution in [2.45, 2.75) is 223 Å². The lowest BCUT2D eigenvalue weighted by Crippen LogP contribution is -2.65. The second-order valence-corrected chi connectivity index (χ2v) is 29.2. The van der Waals surface area contributed by atoms with Crippen molar-refractivity contribution in [3.05, 3.63) is 33.3 Å². The van der Waals surface area contributed by atoms with Crippen LogP contribution in [0.2, 0.25) is 10.0 Å². The number of carbonyl (C=O) groups excluding carboxylic acids is 12. The number of likely N-dealkylation sites (N-methyl/N-ethyl adjacent to an activating group) is 7. The SMILES string of the molecule is CC[C@H](C)[C@@H]1NC(=O)[C@H](C)N(C)C(=O)C[C@@H](C(=O)N2CCCCC2)N(C)C(=O)[C@H](C2CCCCC2)N(C)C(=O)C2(CCCC2)NC(=O)C2CCCN2C(=O)[C@H](CCc2cc(Cl)c(Cl)c(C#N)c2)NC(=O)CN(C)C(=O)[C@H](CC2CCCCC2)N(C)C(=O)CN(C)C(=O)CN(C)C1=O. The van der Waals surface area contributed by atoms with Gasteiger partial charge in [-0.25, -0.2) is 0 Å². The summed E-state index contributed by atoms with van der Waals surface area (Å²) in [5.41, 5.74) is -0.894. The van der Waals surface area contributed by atoms with E-state index >= 15 is 19.2 Å². The van der Waals surface area contributed by atoms with Crippen molar-refractivity contribution in [1.82, 2.24) is 60.0 Å². The lowest BCUT2D eigenvalue weighted by atomic mass is 9.81. The average Bonchev–Trinajstić information content (AvgIpc) is 1.71. The number of aryl methyl sites for hydroxylation is 1. The van der Waals surface area contributed by atoms with Gasteiger partial charge in [0, 0.05) is 69.0 Å². The van der Waals surface area contributed by atoms with Crippen LogP contribution in [0.25, 0.3) is 0 Å². The van der Waals surface area contributed by atoms with Crippen LogP contribution in [0.1, 0.15) is 180 Å². The van der Waals surface area contributed by atoms with E-state index in [2.05, 4.69) is 16.0 Å². The molecule has 1 aromatic rings. The first-order valence-electron chi connectivity index (χ1n) is 35.2. The van der Waals surface area contributed by atoms with Gasteiger partial charge in [-0.2, -0.15) is 5.26 Å². The molecule has 12 amide bonds. The predicted octanol–water partition coefficient (Wildman–Crippen LogP) is 4.90. The maximum atomic E-state index is 15.7. The number of nitrogens with zero attached hydrogens (tertiary/aromatic N) is 10. The summed E-state index contributed by atoms with van der Waals surface area (Å²) < 4.78 is 0. The van der Waals surface area contributed by atoms with Crippen LogP contribution in [-0.2, 0) is 64.0 Å². The number of benzene rings is 1. The first kappa shape index (κ1) is 77.3. The van der Waals surface area contributed by atoms with Gasteiger partial charge in [-0.05, 0) is 119 Å². The first-order valence-corrected chi connectivity index (χ1v) is 36.0. The molecule has 7 rings (SSSR count). The van der Waals surface area contributed by atoms with Gasteiger partial charge in [0.25, 0.3) is 0 Å². The summed E-state index contributed by atoms with van der Waals surface area (Å²) in [5, 5.41) is 18.9. The Labute approximate surface area is 582 Å². The largest absolute Gasteiger partial charge is 0.343 e. The van der Waals surface area contributed by atoms with Crippen LogP contribution in [0.3, 0.4) is 0 Å². The lowest BCUT2D eigenvalue weighted by Gasteiger charge is -2.43. The second kappa shape index (κ2) is 35.1. The number of hydrogen-bond acceptors (Lipinski definition) is 13. The standard InChI is InChI=1S/C70H105Cl2N13O12/c1-11-44(2)60-67(95)79(6)42-57(88)77(4)43-58(89)81(8)53(38-46-24-15-12-16-25-46)65(93)78(5)41-55(86)74-51(30-29-47-36-49(40-73)59(72)50(71)37-47)64(92)85-35-23-28-52(85)63(91)76-70(31-19-20-32-70)69(97)83(10)61(48-26-17-13-18-27-48)68(96)82(9)54(66(94)84-33-21-14-22-34-84)39-56(87)80(7)45(3)62(90)75-60/h36-37,44-46,48,51-54,60-61H,11-35,38-39,41-43H2,1-10H3,(H,74,86)(H,75,90)(H,76,91)/t44-,45-,51-,52?,53-,54-,60-,61-/m0/s1. The van der Waals surface area contributed by atoms with E-state index in [9.17, 15) is 43.6 Å². The molecule has 536 valence electrons.